The van der Waals surface area contributed by atoms with E-state index in [0.29, 0.717) is 21.8 Å². The maximum absolute atomic E-state index is 13.5. The minimum absolute atomic E-state index is 0.147. The number of nitrogens with zero attached hydrogens (tertiary/aromatic N) is 5. The zero-order valence-corrected chi connectivity index (χ0v) is 21.3. The first-order valence-electron chi connectivity index (χ1n) is 11.5. The summed E-state index contributed by atoms with van der Waals surface area (Å²) in [6.45, 7) is 3.78. The highest BCUT2D eigenvalue weighted by atomic mass is 32.2. The largest absolute Gasteiger partial charge is 0.378 e. The third kappa shape index (κ3) is 4.22. The van der Waals surface area contributed by atoms with Gasteiger partial charge in [0.1, 0.15) is 0 Å². The minimum atomic E-state index is -0.455. The van der Waals surface area contributed by atoms with Crippen LogP contribution in [-0.2, 0) is 4.79 Å². The van der Waals surface area contributed by atoms with Crippen molar-refractivity contribution in [1.29, 1.82) is 0 Å². The summed E-state index contributed by atoms with van der Waals surface area (Å²) >= 11 is 1.30. The lowest BCUT2D eigenvalue weighted by atomic mass is 10.2. The van der Waals surface area contributed by atoms with E-state index in [-0.39, 0.29) is 11.5 Å². The van der Waals surface area contributed by atoms with Crippen molar-refractivity contribution in [1.82, 2.24) is 19.2 Å². The second-order valence-electron chi connectivity index (χ2n) is 8.75. The molecule has 5 aromatic rings. The molecule has 0 spiro atoms. The lowest BCUT2D eigenvalue weighted by Crippen LogP contribution is -2.24. The Kier molecular flexibility index (Phi) is 6.24. The summed E-state index contributed by atoms with van der Waals surface area (Å²) in [7, 11) is 3.94. The number of carbonyl (C=O) groups excluding carboxylic acids is 1. The van der Waals surface area contributed by atoms with Crippen LogP contribution in [0.15, 0.2) is 82.7 Å². The number of benzene rings is 3. The van der Waals surface area contributed by atoms with Gasteiger partial charge >= 0.3 is 0 Å². The van der Waals surface area contributed by atoms with Gasteiger partial charge in [0.15, 0.2) is 5.16 Å². The van der Waals surface area contributed by atoms with Gasteiger partial charge in [0.05, 0.1) is 21.8 Å². The lowest BCUT2D eigenvalue weighted by molar-refractivity contribution is -0.115. The standard InChI is InChI=1S/C27H26N6O2S/c1-17-9-5-7-11-22(17)32-25(35)21-10-6-8-12-23(21)33-26(32)29-30-27(33)36-18(2)24(34)28-19-13-15-20(16-14-19)31(3)4/h5-16,18H,1-4H3,(H,28,34). The molecule has 1 unspecified atom stereocenters. The molecule has 9 heteroatoms. The Morgan fingerprint density at radius 1 is 0.972 bits per heavy atom. The molecular formula is C27H26N6O2S. The number of para-hydroxylation sites is 2. The molecule has 36 heavy (non-hydrogen) atoms. The van der Waals surface area contributed by atoms with Gasteiger partial charge in [-0.25, -0.2) is 4.57 Å². The predicted octanol–water partition coefficient (Wildman–Crippen LogP) is 4.53. The van der Waals surface area contributed by atoms with Crippen molar-refractivity contribution in [2.24, 2.45) is 0 Å². The second kappa shape index (κ2) is 9.50. The van der Waals surface area contributed by atoms with Crippen LogP contribution in [0.3, 0.4) is 0 Å². The van der Waals surface area contributed by atoms with Crippen molar-refractivity contribution in [3.05, 3.63) is 88.7 Å². The molecule has 1 atom stereocenters. The quantitative estimate of drug-likeness (QED) is 0.347. The number of amides is 1. The van der Waals surface area contributed by atoms with Gasteiger partial charge in [0.2, 0.25) is 11.7 Å². The molecule has 1 N–H and O–H groups in total. The van der Waals surface area contributed by atoms with Crippen LogP contribution in [0.2, 0.25) is 0 Å². The Labute approximate surface area is 212 Å². The number of hydrogen-bond donors (Lipinski definition) is 1. The van der Waals surface area contributed by atoms with E-state index in [9.17, 15) is 9.59 Å². The fraction of sp³-hybridized carbons (Fsp3) is 0.185. The number of carbonyl (C=O) groups is 1. The number of fused-ring (bicyclic) bond motifs is 3. The Morgan fingerprint density at radius 2 is 1.67 bits per heavy atom. The summed E-state index contributed by atoms with van der Waals surface area (Å²) in [5, 5.41) is 12.4. The molecule has 0 radical (unpaired) electrons. The average molecular weight is 499 g/mol. The molecular weight excluding hydrogens is 472 g/mol. The molecule has 1 amide bonds. The maximum atomic E-state index is 13.5. The van der Waals surface area contributed by atoms with Crippen molar-refractivity contribution < 1.29 is 4.79 Å². The van der Waals surface area contributed by atoms with Crippen LogP contribution in [-0.4, -0.2) is 44.4 Å². The summed E-state index contributed by atoms with van der Waals surface area (Å²) < 4.78 is 3.44. The molecule has 0 aliphatic carbocycles. The fourth-order valence-electron chi connectivity index (χ4n) is 4.08. The summed E-state index contributed by atoms with van der Waals surface area (Å²) in [6, 6.07) is 22.7. The van der Waals surface area contributed by atoms with Gasteiger partial charge in [0, 0.05) is 25.5 Å². The molecule has 182 valence electrons. The van der Waals surface area contributed by atoms with Crippen LogP contribution in [0.25, 0.3) is 22.4 Å². The van der Waals surface area contributed by atoms with Gasteiger partial charge in [-0.05, 0) is 61.9 Å². The highest BCUT2D eigenvalue weighted by molar-refractivity contribution is 8.00. The average Bonchev–Trinajstić information content (AvgIpc) is 3.28. The monoisotopic (exact) mass is 498 g/mol. The van der Waals surface area contributed by atoms with Gasteiger partial charge in [-0.15, -0.1) is 10.2 Å². The van der Waals surface area contributed by atoms with E-state index < -0.39 is 5.25 Å². The van der Waals surface area contributed by atoms with Gasteiger partial charge < -0.3 is 10.2 Å². The normalized spacial score (nSPS) is 12.1. The van der Waals surface area contributed by atoms with Crippen LogP contribution >= 0.6 is 11.8 Å². The molecule has 2 aromatic heterocycles. The summed E-state index contributed by atoms with van der Waals surface area (Å²) in [6.07, 6.45) is 0. The topological polar surface area (TPSA) is 84.5 Å². The van der Waals surface area contributed by atoms with Crippen molar-refractivity contribution in [3.63, 3.8) is 0 Å². The highest BCUT2D eigenvalue weighted by Gasteiger charge is 2.22. The summed E-state index contributed by atoms with van der Waals surface area (Å²) in [5.74, 6) is 0.258. The van der Waals surface area contributed by atoms with Crippen LogP contribution in [0.5, 0.6) is 0 Å². The van der Waals surface area contributed by atoms with E-state index in [1.807, 2.05) is 104 Å². The third-order valence-corrected chi connectivity index (χ3v) is 7.10. The Hall–Kier alpha value is -4.11. The molecule has 2 heterocycles. The number of hydrogen-bond acceptors (Lipinski definition) is 6. The third-order valence-electron chi connectivity index (χ3n) is 6.05. The molecule has 3 aromatic carbocycles. The molecule has 0 bridgehead atoms. The molecule has 0 aliphatic heterocycles. The highest BCUT2D eigenvalue weighted by Crippen LogP contribution is 2.27. The van der Waals surface area contributed by atoms with E-state index >= 15 is 0 Å². The number of thioether (sulfide) groups is 1. The number of anilines is 2. The zero-order chi connectivity index (χ0) is 25.4. The van der Waals surface area contributed by atoms with Gasteiger partial charge in [-0.1, -0.05) is 42.1 Å². The van der Waals surface area contributed by atoms with Crippen molar-refractivity contribution in [2.45, 2.75) is 24.3 Å². The van der Waals surface area contributed by atoms with Gasteiger partial charge in [0.25, 0.3) is 5.56 Å². The lowest BCUT2D eigenvalue weighted by Gasteiger charge is -2.15. The van der Waals surface area contributed by atoms with E-state index in [0.717, 1.165) is 22.6 Å². The van der Waals surface area contributed by atoms with E-state index in [2.05, 4.69) is 15.5 Å². The molecule has 0 saturated carbocycles. The van der Waals surface area contributed by atoms with E-state index in [1.165, 1.54) is 11.8 Å². The number of aromatic nitrogens is 4. The molecule has 0 aliphatic rings. The SMILES string of the molecule is Cc1ccccc1-n1c(=O)c2ccccc2n2c(SC(C)C(=O)Nc3ccc(N(C)C)cc3)nnc12. The summed E-state index contributed by atoms with van der Waals surface area (Å²) in [4.78, 5) is 28.5. The summed E-state index contributed by atoms with van der Waals surface area (Å²) in [5.41, 5.74) is 4.00. The maximum Gasteiger partial charge on any atom is 0.267 e. The van der Waals surface area contributed by atoms with Crippen LogP contribution in [0.1, 0.15) is 12.5 Å². The zero-order valence-electron chi connectivity index (χ0n) is 20.5. The predicted molar refractivity (Wildman–Crippen MR) is 146 cm³/mol. The van der Waals surface area contributed by atoms with E-state index in [4.69, 9.17) is 0 Å². The van der Waals surface area contributed by atoms with Gasteiger partial charge in [-0.2, -0.15) is 0 Å². The fourth-order valence-corrected chi connectivity index (χ4v) is 4.94. The first kappa shape index (κ1) is 23.6. The van der Waals surface area contributed by atoms with Crippen molar-refractivity contribution in [2.75, 3.05) is 24.3 Å². The number of nitrogens with one attached hydrogen (secondary N) is 1. The van der Waals surface area contributed by atoms with Crippen LogP contribution in [0.4, 0.5) is 11.4 Å². The van der Waals surface area contributed by atoms with Crippen LogP contribution < -0.4 is 15.8 Å². The minimum Gasteiger partial charge on any atom is -0.378 e. The van der Waals surface area contributed by atoms with E-state index in [1.54, 1.807) is 10.6 Å². The first-order chi connectivity index (χ1) is 17.3. The number of rotatable bonds is 6. The Balaban J connectivity index is 1.53. The van der Waals surface area contributed by atoms with Crippen molar-refractivity contribution >= 4 is 45.7 Å². The van der Waals surface area contributed by atoms with Crippen LogP contribution in [0, 0.1) is 6.92 Å². The molecule has 0 fully saturated rings. The van der Waals surface area contributed by atoms with Crippen molar-refractivity contribution in [3.8, 4) is 5.69 Å². The number of aryl methyl sites for hydroxylation is 1. The molecule has 0 saturated heterocycles. The smallest absolute Gasteiger partial charge is 0.267 e. The Morgan fingerprint density at radius 3 is 2.39 bits per heavy atom. The van der Waals surface area contributed by atoms with Gasteiger partial charge in [-0.3, -0.25) is 14.0 Å². The second-order valence-corrected chi connectivity index (χ2v) is 10.1. The molecule has 5 rings (SSSR count). The molecule has 8 nitrogen and oxygen atoms in total. The Bertz CT molecular complexity index is 1640. The first-order valence-corrected chi connectivity index (χ1v) is 12.4.